The molecule has 0 saturated carbocycles. The molecule has 0 saturated heterocycles. The van der Waals surface area contributed by atoms with Gasteiger partial charge in [-0.25, -0.2) is 4.39 Å². The Morgan fingerprint density at radius 2 is 1.89 bits per heavy atom. The molecule has 18 heavy (non-hydrogen) atoms. The maximum atomic E-state index is 12.9. The van der Waals surface area contributed by atoms with Crippen LogP contribution in [0.4, 0.5) is 4.39 Å². The summed E-state index contributed by atoms with van der Waals surface area (Å²) in [6, 6.07) is 8.40. The van der Waals surface area contributed by atoms with Gasteiger partial charge in [-0.1, -0.05) is 12.1 Å². The Bertz CT molecular complexity index is 507. The fourth-order valence-corrected chi connectivity index (χ4v) is 2.89. The molecule has 2 unspecified atom stereocenters. The van der Waals surface area contributed by atoms with Gasteiger partial charge in [0.25, 0.3) is 0 Å². The molecule has 1 aromatic heterocycles. The van der Waals surface area contributed by atoms with Gasteiger partial charge in [0.1, 0.15) is 11.6 Å². The molecule has 1 aromatic carbocycles. The van der Waals surface area contributed by atoms with Gasteiger partial charge in [-0.15, -0.1) is 11.8 Å². The molecule has 2 N–H and O–H groups in total. The van der Waals surface area contributed by atoms with Crippen molar-refractivity contribution in [3.63, 3.8) is 0 Å². The molecule has 96 valence electrons. The van der Waals surface area contributed by atoms with Crippen LogP contribution >= 0.6 is 11.8 Å². The van der Waals surface area contributed by atoms with Crippen molar-refractivity contribution in [2.24, 2.45) is 5.73 Å². The molecule has 0 aliphatic rings. The molecule has 0 aliphatic carbocycles. The van der Waals surface area contributed by atoms with E-state index < -0.39 is 0 Å². The van der Waals surface area contributed by atoms with Crippen LogP contribution in [0.15, 0.2) is 45.9 Å². The van der Waals surface area contributed by atoms with Crippen LogP contribution in [-0.2, 0) is 0 Å². The average molecular weight is 265 g/mol. The van der Waals surface area contributed by atoms with Gasteiger partial charge in [-0.3, -0.25) is 0 Å². The van der Waals surface area contributed by atoms with E-state index in [0.29, 0.717) is 0 Å². The molecule has 2 rings (SSSR count). The number of furan rings is 1. The largest absolute Gasteiger partial charge is 0.468 e. The predicted molar refractivity (Wildman–Crippen MR) is 72.1 cm³/mol. The second-order valence-electron chi connectivity index (χ2n) is 4.29. The van der Waals surface area contributed by atoms with Crippen LogP contribution in [0.25, 0.3) is 0 Å². The first kappa shape index (κ1) is 13.2. The lowest BCUT2D eigenvalue weighted by molar-refractivity contribution is 0.526. The summed E-state index contributed by atoms with van der Waals surface area (Å²) in [6.07, 6.45) is 1.67. The van der Waals surface area contributed by atoms with Crippen molar-refractivity contribution in [3.05, 3.63) is 53.7 Å². The van der Waals surface area contributed by atoms with Crippen LogP contribution < -0.4 is 5.73 Å². The summed E-state index contributed by atoms with van der Waals surface area (Å²) >= 11 is 1.65. The van der Waals surface area contributed by atoms with Crippen LogP contribution in [0, 0.1) is 12.7 Å². The first-order chi connectivity index (χ1) is 8.58. The topological polar surface area (TPSA) is 39.2 Å². The van der Waals surface area contributed by atoms with Gasteiger partial charge in [0.2, 0.25) is 0 Å². The van der Waals surface area contributed by atoms with Crippen molar-refractivity contribution in [1.82, 2.24) is 0 Å². The molecule has 0 bridgehead atoms. The van der Waals surface area contributed by atoms with Crippen LogP contribution in [0.3, 0.4) is 0 Å². The Morgan fingerprint density at radius 3 is 2.39 bits per heavy atom. The van der Waals surface area contributed by atoms with Gasteiger partial charge in [0.15, 0.2) is 0 Å². The SMILES string of the molecule is Cc1occc1SC(c1ccc(F)cc1)C(C)N. The Kier molecular flexibility index (Phi) is 4.09. The van der Waals surface area contributed by atoms with Crippen molar-refractivity contribution in [2.75, 3.05) is 0 Å². The average Bonchev–Trinajstić information content (AvgIpc) is 2.73. The molecule has 2 nitrogen and oxygen atoms in total. The summed E-state index contributed by atoms with van der Waals surface area (Å²) in [5.74, 6) is 0.652. The normalized spacial score (nSPS) is 14.4. The molecule has 4 heteroatoms. The van der Waals surface area contributed by atoms with E-state index in [-0.39, 0.29) is 17.1 Å². The van der Waals surface area contributed by atoms with Crippen LogP contribution in [0.1, 0.15) is 23.5 Å². The minimum Gasteiger partial charge on any atom is -0.468 e. The Morgan fingerprint density at radius 1 is 1.22 bits per heavy atom. The monoisotopic (exact) mass is 265 g/mol. The van der Waals surface area contributed by atoms with E-state index in [4.69, 9.17) is 10.2 Å². The highest BCUT2D eigenvalue weighted by molar-refractivity contribution is 7.99. The quantitative estimate of drug-likeness (QED) is 0.852. The van der Waals surface area contributed by atoms with Crippen molar-refractivity contribution in [3.8, 4) is 0 Å². The van der Waals surface area contributed by atoms with Gasteiger partial charge in [0, 0.05) is 16.2 Å². The lowest BCUT2D eigenvalue weighted by Gasteiger charge is -2.20. The first-order valence-corrected chi connectivity index (χ1v) is 6.67. The smallest absolute Gasteiger partial charge is 0.123 e. The number of hydrogen-bond donors (Lipinski definition) is 1. The third-order valence-electron chi connectivity index (χ3n) is 2.74. The number of thioether (sulfide) groups is 1. The van der Waals surface area contributed by atoms with Crippen LogP contribution in [-0.4, -0.2) is 6.04 Å². The zero-order chi connectivity index (χ0) is 13.1. The minimum absolute atomic E-state index is 0.0326. The summed E-state index contributed by atoms with van der Waals surface area (Å²) in [6.45, 7) is 3.88. The highest BCUT2D eigenvalue weighted by Gasteiger charge is 2.19. The number of rotatable bonds is 4. The highest BCUT2D eigenvalue weighted by atomic mass is 32.2. The van der Waals surface area contributed by atoms with Crippen LogP contribution in [0.2, 0.25) is 0 Å². The maximum Gasteiger partial charge on any atom is 0.123 e. The molecule has 0 amide bonds. The lowest BCUT2D eigenvalue weighted by atomic mass is 10.1. The molecule has 0 radical (unpaired) electrons. The molecular weight excluding hydrogens is 249 g/mol. The fourth-order valence-electron chi connectivity index (χ4n) is 1.76. The maximum absolute atomic E-state index is 12.9. The van der Waals surface area contributed by atoms with Crippen molar-refractivity contribution >= 4 is 11.8 Å². The second-order valence-corrected chi connectivity index (χ2v) is 5.47. The standard InChI is InChI=1S/C14H16FNOS/c1-9(16)14(11-3-5-12(15)6-4-11)18-13-7-8-17-10(13)2/h3-9,14H,16H2,1-2H3. The van der Waals surface area contributed by atoms with E-state index >= 15 is 0 Å². The fraction of sp³-hybridized carbons (Fsp3) is 0.286. The number of nitrogens with two attached hydrogens (primary N) is 1. The predicted octanol–water partition coefficient (Wildman–Crippen LogP) is 3.91. The number of benzene rings is 1. The molecule has 2 aromatic rings. The van der Waals surface area contributed by atoms with E-state index in [9.17, 15) is 4.39 Å². The molecule has 0 spiro atoms. The van der Waals surface area contributed by atoms with Crippen molar-refractivity contribution in [2.45, 2.75) is 30.0 Å². The first-order valence-electron chi connectivity index (χ1n) is 5.79. The van der Waals surface area contributed by atoms with Gasteiger partial charge >= 0.3 is 0 Å². The minimum atomic E-state index is -0.230. The molecule has 1 heterocycles. The van der Waals surface area contributed by atoms with E-state index in [2.05, 4.69) is 0 Å². The second kappa shape index (κ2) is 5.59. The molecular formula is C14H16FNOS. The lowest BCUT2D eigenvalue weighted by Crippen LogP contribution is -2.22. The van der Waals surface area contributed by atoms with Gasteiger partial charge in [-0.05, 0) is 37.6 Å². The summed E-state index contributed by atoms with van der Waals surface area (Å²) in [5.41, 5.74) is 7.05. The highest BCUT2D eigenvalue weighted by Crippen LogP contribution is 2.38. The van der Waals surface area contributed by atoms with E-state index in [0.717, 1.165) is 16.2 Å². The number of aryl methyl sites for hydroxylation is 1. The van der Waals surface area contributed by atoms with Crippen molar-refractivity contribution in [1.29, 1.82) is 0 Å². The van der Waals surface area contributed by atoms with Crippen molar-refractivity contribution < 1.29 is 8.81 Å². The number of hydrogen-bond acceptors (Lipinski definition) is 3. The Balaban J connectivity index is 2.24. The third kappa shape index (κ3) is 2.94. The van der Waals surface area contributed by atoms with Gasteiger partial charge in [-0.2, -0.15) is 0 Å². The van der Waals surface area contributed by atoms with E-state index in [1.807, 2.05) is 19.9 Å². The molecule has 0 aliphatic heterocycles. The molecule has 0 fully saturated rings. The number of halogens is 1. The summed E-state index contributed by atoms with van der Waals surface area (Å²) in [5, 5.41) is 0.0851. The third-order valence-corrected chi connectivity index (χ3v) is 4.37. The summed E-state index contributed by atoms with van der Waals surface area (Å²) in [4.78, 5) is 1.07. The Hall–Kier alpha value is -1.26. The molecule has 2 atom stereocenters. The van der Waals surface area contributed by atoms with Gasteiger partial charge < -0.3 is 10.2 Å². The Labute approximate surface area is 110 Å². The zero-order valence-corrected chi connectivity index (χ0v) is 11.2. The van der Waals surface area contributed by atoms with Crippen LogP contribution in [0.5, 0.6) is 0 Å². The van der Waals surface area contributed by atoms with E-state index in [1.54, 1.807) is 30.2 Å². The van der Waals surface area contributed by atoms with Gasteiger partial charge in [0.05, 0.1) is 6.26 Å². The zero-order valence-electron chi connectivity index (χ0n) is 10.4. The summed E-state index contributed by atoms with van der Waals surface area (Å²) < 4.78 is 18.2. The van der Waals surface area contributed by atoms with E-state index in [1.165, 1.54) is 12.1 Å². The summed E-state index contributed by atoms with van der Waals surface area (Å²) in [7, 11) is 0.